The molecule has 1 aromatic rings. The van der Waals surface area contributed by atoms with Crippen LogP contribution < -0.4 is 4.90 Å². The third kappa shape index (κ3) is 3.73. The quantitative estimate of drug-likeness (QED) is 0.792. The molecule has 0 bridgehead atoms. The molecule has 0 aliphatic carbocycles. The van der Waals surface area contributed by atoms with Gasteiger partial charge in [-0.2, -0.15) is 5.26 Å². The predicted molar refractivity (Wildman–Crippen MR) is 81.3 cm³/mol. The van der Waals surface area contributed by atoms with Crippen molar-refractivity contribution in [3.05, 3.63) is 29.8 Å². The highest BCUT2D eigenvalue weighted by molar-refractivity contribution is 5.89. The SMILES string of the molecule is COC(=O)c1ccc(N2CCN(CCC#N)[C@H](C)C2)cc1. The van der Waals surface area contributed by atoms with Crippen molar-refractivity contribution in [1.82, 2.24) is 4.90 Å². The lowest BCUT2D eigenvalue weighted by Gasteiger charge is -2.40. The molecule has 0 amide bonds. The second-order valence-corrected chi connectivity index (χ2v) is 5.28. The number of hydrogen-bond acceptors (Lipinski definition) is 5. The molecule has 1 aromatic carbocycles. The van der Waals surface area contributed by atoms with Crippen LogP contribution in [0, 0.1) is 11.3 Å². The largest absolute Gasteiger partial charge is 0.465 e. The molecule has 1 aliphatic heterocycles. The van der Waals surface area contributed by atoms with E-state index in [1.165, 1.54) is 7.11 Å². The van der Waals surface area contributed by atoms with Crippen LogP contribution in [0.5, 0.6) is 0 Å². The van der Waals surface area contributed by atoms with E-state index in [1.54, 1.807) is 12.1 Å². The fourth-order valence-corrected chi connectivity index (χ4v) is 2.68. The first-order chi connectivity index (χ1) is 10.2. The lowest BCUT2D eigenvalue weighted by molar-refractivity contribution is 0.0601. The minimum absolute atomic E-state index is 0.309. The zero-order valence-corrected chi connectivity index (χ0v) is 12.6. The van der Waals surface area contributed by atoms with Crippen molar-refractivity contribution in [3.63, 3.8) is 0 Å². The van der Waals surface area contributed by atoms with Crippen molar-refractivity contribution in [3.8, 4) is 6.07 Å². The molecule has 0 unspecified atom stereocenters. The molecule has 112 valence electrons. The maximum absolute atomic E-state index is 11.4. The van der Waals surface area contributed by atoms with E-state index in [0.29, 0.717) is 18.0 Å². The summed E-state index contributed by atoms with van der Waals surface area (Å²) in [5.74, 6) is -0.309. The summed E-state index contributed by atoms with van der Waals surface area (Å²) in [5.41, 5.74) is 1.69. The molecule has 1 atom stereocenters. The fraction of sp³-hybridized carbons (Fsp3) is 0.500. The van der Waals surface area contributed by atoms with Crippen LogP contribution >= 0.6 is 0 Å². The Kier molecular flexibility index (Phi) is 5.18. The Morgan fingerprint density at radius 3 is 2.67 bits per heavy atom. The van der Waals surface area contributed by atoms with Crippen LogP contribution in [0.15, 0.2) is 24.3 Å². The summed E-state index contributed by atoms with van der Waals surface area (Å²) in [6, 6.07) is 10.1. The molecular weight excluding hydrogens is 266 g/mol. The molecule has 1 fully saturated rings. The zero-order chi connectivity index (χ0) is 15.2. The third-order valence-corrected chi connectivity index (χ3v) is 3.93. The molecule has 0 radical (unpaired) electrons. The van der Waals surface area contributed by atoms with E-state index in [2.05, 4.69) is 22.8 Å². The summed E-state index contributed by atoms with van der Waals surface area (Å²) < 4.78 is 4.70. The highest BCUT2D eigenvalue weighted by Gasteiger charge is 2.23. The van der Waals surface area contributed by atoms with E-state index in [0.717, 1.165) is 31.9 Å². The molecule has 5 heteroatoms. The molecule has 1 heterocycles. The van der Waals surface area contributed by atoms with Crippen molar-refractivity contribution in [2.75, 3.05) is 38.2 Å². The van der Waals surface area contributed by atoms with Gasteiger partial charge >= 0.3 is 5.97 Å². The van der Waals surface area contributed by atoms with Gasteiger partial charge in [0.25, 0.3) is 0 Å². The molecule has 21 heavy (non-hydrogen) atoms. The molecule has 5 nitrogen and oxygen atoms in total. The Hall–Kier alpha value is -2.06. The highest BCUT2D eigenvalue weighted by Crippen LogP contribution is 2.20. The van der Waals surface area contributed by atoms with E-state index in [4.69, 9.17) is 10.00 Å². The van der Waals surface area contributed by atoms with E-state index >= 15 is 0 Å². The van der Waals surface area contributed by atoms with Crippen LogP contribution in [-0.4, -0.2) is 50.2 Å². The van der Waals surface area contributed by atoms with Gasteiger partial charge in [0.05, 0.1) is 18.7 Å². The topological polar surface area (TPSA) is 56.6 Å². The van der Waals surface area contributed by atoms with Gasteiger partial charge in [0.1, 0.15) is 0 Å². The Balaban J connectivity index is 1.98. The number of methoxy groups -OCH3 is 1. The van der Waals surface area contributed by atoms with Crippen molar-refractivity contribution >= 4 is 11.7 Å². The number of esters is 1. The van der Waals surface area contributed by atoms with E-state index in [9.17, 15) is 4.79 Å². The van der Waals surface area contributed by atoms with Crippen molar-refractivity contribution in [2.45, 2.75) is 19.4 Å². The smallest absolute Gasteiger partial charge is 0.337 e. The first kappa shape index (κ1) is 15.3. The van der Waals surface area contributed by atoms with Gasteiger partial charge in [-0.25, -0.2) is 4.79 Å². The lowest BCUT2D eigenvalue weighted by atomic mass is 10.1. The van der Waals surface area contributed by atoms with Gasteiger partial charge in [-0.15, -0.1) is 0 Å². The normalized spacial score (nSPS) is 19.1. The number of carbonyl (C=O) groups excluding carboxylic acids is 1. The van der Waals surface area contributed by atoms with Crippen LogP contribution in [-0.2, 0) is 4.74 Å². The summed E-state index contributed by atoms with van der Waals surface area (Å²) in [4.78, 5) is 16.1. The monoisotopic (exact) mass is 287 g/mol. The number of benzene rings is 1. The molecule has 0 N–H and O–H groups in total. The van der Waals surface area contributed by atoms with Crippen LogP contribution in [0.3, 0.4) is 0 Å². The summed E-state index contributed by atoms with van der Waals surface area (Å²) >= 11 is 0. The van der Waals surface area contributed by atoms with Gasteiger partial charge in [0.15, 0.2) is 0 Å². The number of piperazine rings is 1. The predicted octanol–water partition coefficient (Wildman–Crippen LogP) is 1.90. The van der Waals surface area contributed by atoms with Gasteiger partial charge in [0.2, 0.25) is 0 Å². The number of nitrogens with zero attached hydrogens (tertiary/aromatic N) is 3. The average Bonchev–Trinajstić information content (AvgIpc) is 2.53. The van der Waals surface area contributed by atoms with Crippen LogP contribution in [0.4, 0.5) is 5.69 Å². The molecule has 0 spiro atoms. The van der Waals surface area contributed by atoms with Gasteiger partial charge in [-0.05, 0) is 31.2 Å². The van der Waals surface area contributed by atoms with Crippen molar-refractivity contribution < 1.29 is 9.53 Å². The Bertz CT molecular complexity index is 521. The zero-order valence-electron chi connectivity index (χ0n) is 12.6. The number of ether oxygens (including phenoxy) is 1. The maximum Gasteiger partial charge on any atom is 0.337 e. The summed E-state index contributed by atoms with van der Waals surface area (Å²) in [6.45, 7) is 5.86. The minimum atomic E-state index is -0.309. The summed E-state index contributed by atoms with van der Waals surface area (Å²) in [5, 5.41) is 8.68. The average molecular weight is 287 g/mol. The van der Waals surface area contributed by atoms with Gasteiger partial charge in [-0.3, -0.25) is 4.90 Å². The summed E-state index contributed by atoms with van der Waals surface area (Å²) in [6.07, 6.45) is 0.582. The summed E-state index contributed by atoms with van der Waals surface area (Å²) in [7, 11) is 1.39. The van der Waals surface area contributed by atoms with Crippen molar-refractivity contribution in [1.29, 1.82) is 5.26 Å². The maximum atomic E-state index is 11.4. The van der Waals surface area contributed by atoms with E-state index in [-0.39, 0.29) is 5.97 Å². The number of anilines is 1. The highest BCUT2D eigenvalue weighted by atomic mass is 16.5. The molecule has 2 rings (SSSR count). The van der Waals surface area contributed by atoms with Gasteiger partial charge < -0.3 is 9.64 Å². The van der Waals surface area contributed by atoms with E-state index < -0.39 is 0 Å². The third-order valence-electron chi connectivity index (χ3n) is 3.93. The number of nitriles is 1. The molecule has 1 saturated heterocycles. The first-order valence-electron chi connectivity index (χ1n) is 7.20. The second kappa shape index (κ2) is 7.09. The van der Waals surface area contributed by atoms with Crippen LogP contribution in [0.2, 0.25) is 0 Å². The Labute approximate surface area is 125 Å². The Morgan fingerprint density at radius 1 is 1.38 bits per heavy atom. The number of rotatable bonds is 4. The van der Waals surface area contributed by atoms with Gasteiger partial charge in [-0.1, -0.05) is 0 Å². The van der Waals surface area contributed by atoms with Crippen molar-refractivity contribution in [2.24, 2.45) is 0 Å². The second-order valence-electron chi connectivity index (χ2n) is 5.28. The lowest BCUT2D eigenvalue weighted by Crippen LogP contribution is -2.52. The van der Waals surface area contributed by atoms with Gasteiger partial charge in [0, 0.05) is 44.3 Å². The molecule has 0 aromatic heterocycles. The minimum Gasteiger partial charge on any atom is -0.465 e. The van der Waals surface area contributed by atoms with E-state index in [1.807, 2.05) is 12.1 Å². The Morgan fingerprint density at radius 2 is 2.10 bits per heavy atom. The van der Waals surface area contributed by atoms with Crippen LogP contribution in [0.1, 0.15) is 23.7 Å². The molecular formula is C16H21N3O2. The fourth-order valence-electron chi connectivity index (χ4n) is 2.68. The number of carbonyl (C=O) groups is 1. The standard InChI is InChI=1S/C16H21N3O2/c1-13-12-19(11-10-18(13)9-3-8-17)15-6-4-14(5-7-15)16(20)21-2/h4-7,13H,3,9-12H2,1-2H3/t13-/m1/s1. The first-order valence-corrected chi connectivity index (χ1v) is 7.20. The molecule has 1 aliphatic rings. The molecule has 0 saturated carbocycles. The number of hydrogen-bond donors (Lipinski definition) is 0. The van der Waals surface area contributed by atoms with Crippen LogP contribution in [0.25, 0.3) is 0 Å².